The number of fused-ring (bicyclic) bond motifs is 2. The zero-order valence-corrected chi connectivity index (χ0v) is 13.7. The van der Waals surface area contributed by atoms with Crippen molar-refractivity contribution in [3.63, 3.8) is 0 Å². The van der Waals surface area contributed by atoms with Gasteiger partial charge in [0.25, 0.3) is 5.91 Å². The van der Waals surface area contributed by atoms with Crippen molar-refractivity contribution in [2.24, 2.45) is 5.92 Å². The summed E-state index contributed by atoms with van der Waals surface area (Å²) >= 11 is 3.09. The summed E-state index contributed by atoms with van der Waals surface area (Å²) in [5.41, 5.74) is 0.381. The van der Waals surface area contributed by atoms with Crippen molar-refractivity contribution >= 4 is 21.8 Å². The highest BCUT2D eigenvalue weighted by atomic mass is 79.9. The number of hydrogen-bond acceptors (Lipinski definition) is 2. The van der Waals surface area contributed by atoms with E-state index in [0.29, 0.717) is 34.6 Å². The molecule has 21 heavy (non-hydrogen) atoms. The summed E-state index contributed by atoms with van der Waals surface area (Å²) in [6.07, 6.45) is 4.87. The number of hydrogen-bond donors (Lipinski definition) is 1. The van der Waals surface area contributed by atoms with Gasteiger partial charge in [-0.25, -0.2) is 4.39 Å². The minimum atomic E-state index is -0.403. The highest BCUT2D eigenvalue weighted by molar-refractivity contribution is 9.10. The van der Waals surface area contributed by atoms with Crippen molar-refractivity contribution in [1.82, 2.24) is 10.2 Å². The predicted octanol–water partition coefficient (Wildman–Crippen LogP) is 3.19. The average Bonchev–Trinajstić information content (AvgIpc) is 2.69. The van der Waals surface area contributed by atoms with Gasteiger partial charge >= 0.3 is 0 Å². The third-order valence-electron chi connectivity index (χ3n) is 4.93. The van der Waals surface area contributed by atoms with E-state index >= 15 is 0 Å². The molecule has 114 valence electrons. The molecule has 0 aromatic heterocycles. The Morgan fingerprint density at radius 1 is 1.38 bits per heavy atom. The fourth-order valence-corrected chi connectivity index (χ4v) is 3.91. The van der Waals surface area contributed by atoms with Crippen LogP contribution in [0.1, 0.15) is 36.0 Å². The Labute approximate surface area is 133 Å². The van der Waals surface area contributed by atoms with Gasteiger partial charge in [0.15, 0.2) is 0 Å². The van der Waals surface area contributed by atoms with Crippen molar-refractivity contribution in [1.29, 1.82) is 0 Å². The van der Waals surface area contributed by atoms with E-state index in [4.69, 9.17) is 0 Å². The zero-order valence-electron chi connectivity index (χ0n) is 12.1. The fraction of sp³-hybridized carbons (Fsp3) is 0.562. The molecule has 1 aromatic rings. The smallest absolute Gasteiger partial charge is 0.251 e. The summed E-state index contributed by atoms with van der Waals surface area (Å²) < 4.78 is 13.8. The molecule has 0 aliphatic carbocycles. The molecule has 3 rings (SSSR count). The molecule has 0 spiro atoms. The molecule has 1 amide bonds. The minimum Gasteiger partial charge on any atom is -0.352 e. The van der Waals surface area contributed by atoms with Crippen LogP contribution in [0.25, 0.3) is 0 Å². The van der Waals surface area contributed by atoms with Crippen LogP contribution in [0.5, 0.6) is 0 Å². The van der Waals surface area contributed by atoms with Gasteiger partial charge in [0.1, 0.15) is 5.82 Å². The molecule has 0 radical (unpaired) electrons. The van der Waals surface area contributed by atoms with E-state index < -0.39 is 5.82 Å². The molecule has 2 aliphatic rings. The quantitative estimate of drug-likeness (QED) is 0.903. The Kier molecular flexibility index (Phi) is 4.31. The van der Waals surface area contributed by atoms with E-state index in [1.54, 1.807) is 12.1 Å². The van der Waals surface area contributed by atoms with E-state index in [9.17, 15) is 9.18 Å². The number of carbonyl (C=O) groups is 1. The Hall–Kier alpha value is -0.940. The van der Waals surface area contributed by atoms with E-state index in [2.05, 4.69) is 33.2 Å². The summed E-state index contributed by atoms with van der Waals surface area (Å²) in [6, 6.07) is 5.84. The van der Waals surface area contributed by atoms with Crippen LogP contribution in [0, 0.1) is 11.7 Å². The van der Waals surface area contributed by atoms with Gasteiger partial charge < -0.3 is 10.2 Å². The lowest BCUT2D eigenvalue weighted by atomic mass is 9.91. The number of benzene rings is 1. The minimum absolute atomic E-state index is 0.187. The maximum absolute atomic E-state index is 13.5. The van der Waals surface area contributed by atoms with Gasteiger partial charge in [0.05, 0.1) is 4.47 Å². The molecular weight excluding hydrogens is 335 g/mol. The number of rotatable bonds is 3. The van der Waals surface area contributed by atoms with Gasteiger partial charge in [-0.15, -0.1) is 0 Å². The molecule has 0 saturated carbocycles. The van der Waals surface area contributed by atoms with Crippen LogP contribution in [0.15, 0.2) is 22.7 Å². The van der Waals surface area contributed by atoms with Crippen LogP contribution in [0.2, 0.25) is 0 Å². The first-order valence-corrected chi connectivity index (χ1v) is 8.29. The fourth-order valence-electron chi connectivity index (χ4n) is 3.67. The zero-order chi connectivity index (χ0) is 15.0. The summed E-state index contributed by atoms with van der Waals surface area (Å²) in [6.45, 7) is 0.692. The van der Waals surface area contributed by atoms with Crippen LogP contribution < -0.4 is 5.32 Å². The van der Waals surface area contributed by atoms with E-state index in [1.807, 2.05) is 0 Å². The van der Waals surface area contributed by atoms with Gasteiger partial charge in [0.2, 0.25) is 0 Å². The monoisotopic (exact) mass is 354 g/mol. The second-order valence-corrected chi connectivity index (χ2v) is 7.08. The Bertz CT molecular complexity index is 537. The molecule has 3 nitrogen and oxygen atoms in total. The third kappa shape index (κ3) is 3.14. The number of halogens is 2. The van der Waals surface area contributed by atoms with Crippen LogP contribution in [0.4, 0.5) is 4.39 Å². The lowest BCUT2D eigenvalue weighted by molar-refractivity contribution is 0.0917. The van der Waals surface area contributed by atoms with Gasteiger partial charge in [-0.05, 0) is 72.8 Å². The molecule has 2 aliphatic heterocycles. The standard InChI is InChI=1S/C16H20BrFN2O/c1-20-12-3-4-13(20)7-10(6-12)9-19-16(21)11-2-5-14(17)15(18)8-11/h2,5,8,10,12-13H,3-4,6-7,9H2,1H3,(H,19,21). The number of nitrogens with zero attached hydrogens (tertiary/aromatic N) is 1. The van der Waals surface area contributed by atoms with Crippen molar-refractivity contribution < 1.29 is 9.18 Å². The maximum Gasteiger partial charge on any atom is 0.251 e. The van der Waals surface area contributed by atoms with Crippen LogP contribution >= 0.6 is 15.9 Å². The maximum atomic E-state index is 13.5. The molecule has 1 aromatic carbocycles. The lowest BCUT2D eigenvalue weighted by Crippen LogP contribution is -2.43. The molecule has 1 N–H and O–H groups in total. The van der Waals surface area contributed by atoms with Crippen molar-refractivity contribution in [3.05, 3.63) is 34.1 Å². The van der Waals surface area contributed by atoms with E-state index in [-0.39, 0.29) is 5.91 Å². The molecule has 5 heteroatoms. The van der Waals surface area contributed by atoms with Crippen molar-refractivity contribution in [2.45, 2.75) is 37.8 Å². The Morgan fingerprint density at radius 3 is 2.67 bits per heavy atom. The van der Waals surface area contributed by atoms with Gasteiger partial charge in [-0.1, -0.05) is 0 Å². The largest absolute Gasteiger partial charge is 0.352 e. The second kappa shape index (κ2) is 6.05. The van der Waals surface area contributed by atoms with Crippen molar-refractivity contribution in [3.8, 4) is 0 Å². The summed E-state index contributed by atoms with van der Waals surface area (Å²) in [5.74, 6) is -0.0457. The molecule has 2 bridgehead atoms. The molecule has 2 saturated heterocycles. The van der Waals surface area contributed by atoms with E-state index in [0.717, 1.165) is 12.8 Å². The number of amides is 1. The first kappa shape index (κ1) is 15.0. The molecule has 2 heterocycles. The Morgan fingerprint density at radius 2 is 2.05 bits per heavy atom. The summed E-state index contributed by atoms with van der Waals surface area (Å²) in [7, 11) is 2.21. The molecular formula is C16H20BrFN2O. The van der Waals surface area contributed by atoms with Gasteiger partial charge in [0, 0.05) is 24.2 Å². The number of piperidine rings is 1. The number of nitrogens with one attached hydrogen (secondary N) is 1. The number of carbonyl (C=O) groups excluding carboxylic acids is 1. The summed E-state index contributed by atoms with van der Waals surface area (Å²) in [5, 5.41) is 2.96. The summed E-state index contributed by atoms with van der Waals surface area (Å²) in [4.78, 5) is 14.6. The van der Waals surface area contributed by atoms with Crippen LogP contribution in [-0.4, -0.2) is 36.5 Å². The SMILES string of the molecule is CN1C2CCC1CC(CNC(=O)c1ccc(Br)c(F)c1)C2. The highest BCUT2D eigenvalue weighted by Crippen LogP contribution is 2.37. The first-order valence-electron chi connectivity index (χ1n) is 7.50. The van der Waals surface area contributed by atoms with Crippen LogP contribution in [-0.2, 0) is 0 Å². The molecule has 2 unspecified atom stereocenters. The average molecular weight is 355 g/mol. The van der Waals surface area contributed by atoms with E-state index in [1.165, 1.54) is 18.9 Å². The highest BCUT2D eigenvalue weighted by Gasteiger charge is 2.38. The predicted molar refractivity (Wildman–Crippen MR) is 83.7 cm³/mol. The van der Waals surface area contributed by atoms with Gasteiger partial charge in [-0.3, -0.25) is 4.79 Å². The van der Waals surface area contributed by atoms with Crippen molar-refractivity contribution in [2.75, 3.05) is 13.6 Å². The lowest BCUT2D eigenvalue weighted by Gasteiger charge is -2.36. The van der Waals surface area contributed by atoms with Crippen LogP contribution in [0.3, 0.4) is 0 Å². The normalized spacial score (nSPS) is 28.6. The topological polar surface area (TPSA) is 32.3 Å². The molecule has 2 fully saturated rings. The van der Waals surface area contributed by atoms with Gasteiger partial charge in [-0.2, -0.15) is 0 Å². The third-order valence-corrected chi connectivity index (χ3v) is 5.57. The first-order chi connectivity index (χ1) is 10.0. The second-order valence-electron chi connectivity index (χ2n) is 6.23. The molecule has 2 atom stereocenters. The Balaban J connectivity index is 1.55.